The summed E-state index contributed by atoms with van der Waals surface area (Å²) >= 11 is 0. The first-order valence-electron chi connectivity index (χ1n) is 7.90. The summed E-state index contributed by atoms with van der Waals surface area (Å²) in [4.78, 5) is 22.5. The maximum Gasteiger partial charge on any atom is 0.351 e. The van der Waals surface area contributed by atoms with Crippen LogP contribution in [-0.2, 0) is 4.74 Å². The van der Waals surface area contributed by atoms with Crippen molar-refractivity contribution in [1.82, 2.24) is 14.5 Å². The summed E-state index contributed by atoms with van der Waals surface area (Å²) in [5.74, 6) is 0.420. The van der Waals surface area contributed by atoms with Crippen LogP contribution in [0, 0.1) is 0 Å². The highest BCUT2D eigenvalue weighted by atomic mass is 16.5. The summed E-state index contributed by atoms with van der Waals surface area (Å²) in [6.07, 6.45) is 8.03. The van der Waals surface area contributed by atoms with E-state index in [0.29, 0.717) is 12.2 Å². The molecule has 2 aliphatic rings. The van der Waals surface area contributed by atoms with Gasteiger partial charge >= 0.3 is 5.69 Å². The normalized spacial score (nSPS) is 26.0. The molecule has 1 aromatic rings. The van der Waals surface area contributed by atoms with Gasteiger partial charge in [-0.15, -0.1) is 0 Å². The van der Waals surface area contributed by atoms with Gasteiger partial charge in [0.25, 0.3) is 0 Å². The van der Waals surface area contributed by atoms with Crippen molar-refractivity contribution >= 4 is 12.2 Å². The third-order valence-corrected chi connectivity index (χ3v) is 4.16. The Hall–Kier alpha value is -1.73. The van der Waals surface area contributed by atoms with Crippen LogP contribution in [0.3, 0.4) is 0 Å². The molecule has 120 valence electrons. The highest BCUT2D eigenvalue weighted by Gasteiger charge is 2.26. The molecule has 1 aromatic heterocycles. The third kappa shape index (κ3) is 3.53. The van der Waals surface area contributed by atoms with E-state index in [1.54, 1.807) is 18.6 Å². The Morgan fingerprint density at radius 3 is 2.86 bits per heavy atom. The molecular weight excluding hydrogens is 284 g/mol. The molecule has 0 aromatic carbocycles. The summed E-state index contributed by atoms with van der Waals surface area (Å²) in [6, 6.07) is 1.72. The zero-order chi connectivity index (χ0) is 15.4. The summed E-state index contributed by atoms with van der Waals surface area (Å²) in [6.45, 7) is 2.01. The van der Waals surface area contributed by atoms with Gasteiger partial charge in [-0.25, -0.2) is 9.79 Å². The molecule has 2 saturated heterocycles. The number of aromatic nitrogens is 2. The molecule has 0 radical (unpaired) electrons. The molecule has 22 heavy (non-hydrogen) atoms. The predicted molar refractivity (Wildman–Crippen MR) is 82.3 cm³/mol. The highest BCUT2D eigenvalue weighted by Crippen LogP contribution is 2.26. The maximum atomic E-state index is 12.1. The number of ether oxygens (including phenoxy) is 1. The van der Waals surface area contributed by atoms with Crippen molar-refractivity contribution in [2.45, 2.75) is 44.4 Å². The van der Waals surface area contributed by atoms with Gasteiger partial charge in [-0.05, 0) is 38.2 Å². The molecular formula is C15H22N4O3. The van der Waals surface area contributed by atoms with Crippen LogP contribution >= 0.6 is 0 Å². The van der Waals surface area contributed by atoms with Gasteiger partial charge in [0.15, 0.2) is 5.82 Å². The van der Waals surface area contributed by atoms with Gasteiger partial charge in [0.05, 0.1) is 19.0 Å². The van der Waals surface area contributed by atoms with Crippen LogP contribution in [0.5, 0.6) is 0 Å². The van der Waals surface area contributed by atoms with E-state index in [1.807, 2.05) is 0 Å². The lowest BCUT2D eigenvalue weighted by molar-refractivity contribution is -0.0245. The molecule has 2 atom stereocenters. The van der Waals surface area contributed by atoms with Gasteiger partial charge in [0.2, 0.25) is 0 Å². The standard InChI is InChI=1S/C15H22N4O3/c20-10-12-4-5-14(22-12)19-9-6-13(17-15(19)21)16-11-18-7-2-1-3-8-18/h6,9,11-12,14,20H,1-5,7-8,10H2/t12-,14+/m0/s1. The van der Waals surface area contributed by atoms with E-state index < -0.39 is 0 Å². The lowest BCUT2D eigenvalue weighted by Crippen LogP contribution is -2.28. The first kappa shape index (κ1) is 15.2. The number of rotatable bonds is 4. The minimum Gasteiger partial charge on any atom is -0.394 e. The summed E-state index contributed by atoms with van der Waals surface area (Å²) in [5, 5.41) is 9.09. The number of hydrogen-bond donors (Lipinski definition) is 1. The van der Waals surface area contributed by atoms with E-state index in [4.69, 9.17) is 9.84 Å². The van der Waals surface area contributed by atoms with E-state index in [1.165, 1.54) is 23.8 Å². The maximum absolute atomic E-state index is 12.1. The van der Waals surface area contributed by atoms with Crippen molar-refractivity contribution in [2.75, 3.05) is 19.7 Å². The second-order valence-corrected chi connectivity index (χ2v) is 5.79. The molecule has 0 unspecified atom stereocenters. The number of aliphatic hydroxyl groups is 1. The third-order valence-electron chi connectivity index (χ3n) is 4.16. The monoisotopic (exact) mass is 306 g/mol. The average molecular weight is 306 g/mol. The van der Waals surface area contributed by atoms with Crippen molar-refractivity contribution < 1.29 is 9.84 Å². The van der Waals surface area contributed by atoms with Gasteiger partial charge in [-0.2, -0.15) is 4.98 Å². The van der Waals surface area contributed by atoms with Crippen LogP contribution in [-0.4, -0.2) is 51.7 Å². The van der Waals surface area contributed by atoms with Gasteiger partial charge < -0.3 is 14.7 Å². The zero-order valence-corrected chi connectivity index (χ0v) is 12.6. The van der Waals surface area contributed by atoms with E-state index in [0.717, 1.165) is 19.5 Å². The summed E-state index contributed by atoms with van der Waals surface area (Å²) in [5.41, 5.74) is -0.364. The first-order chi connectivity index (χ1) is 10.8. The predicted octanol–water partition coefficient (Wildman–Crippen LogP) is 1.06. The van der Waals surface area contributed by atoms with E-state index in [-0.39, 0.29) is 24.6 Å². The van der Waals surface area contributed by atoms with Crippen LogP contribution in [0.25, 0.3) is 0 Å². The number of likely N-dealkylation sites (tertiary alicyclic amines) is 1. The molecule has 1 N–H and O–H groups in total. The molecule has 7 nitrogen and oxygen atoms in total. The quantitative estimate of drug-likeness (QED) is 0.664. The topological polar surface area (TPSA) is 80.0 Å². The van der Waals surface area contributed by atoms with Crippen molar-refractivity contribution in [2.24, 2.45) is 4.99 Å². The highest BCUT2D eigenvalue weighted by molar-refractivity contribution is 5.59. The molecule has 7 heteroatoms. The molecule has 3 rings (SSSR count). The minimum absolute atomic E-state index is 0.0170. The fourth-order valence-electron chi connectivity index (χ4n) is 2.90. The first-order valence-corrected chi connectivity index (χ1v) is 7.90. The molecule has 0 aliphatic carbocycles. The Kier molecular flexibility index (Phi) is 4.84. The van der Waals surface area contributed by atoms with Crippen LogP contribution in [0.1, 0.15) is 38.3 Å². The Morgan fingerprint density at radius 1 is 1.36 bits per heavy atom. The number of aliphatic imine (C=N–C) groups is 1. The SMILES string of the molecule is O=c1nc(N=CN2CCCCC2)ccn1[C@H]1CC[C@@H](CO)O1. The van der Waals surface area contributed by atoms with E-state index >= 15 is 0 Å². The average Bonchev–Trinajstić information content (AvgIpc) is 3.03. The summed E-state index contributed by atoms with van der Waals surface area (Å²) < 4.78 is 7.07. The zero-order valence-electron chi connectivity index (χ0n) is 12.6. The number of piperidine rings is 1. The molecule has 3 heterocycles. The molecule has 0 saturated carbocycles. The number of aliphatic hydroxyl groups excluding tert-OH is 1. The lowest BCUT2D eigenvalue weighted by atomic mass is 10.1. The molecule has 2 aliphatic heterocycles. The van der Waals surface area contributed by atoms with Gasteiger partial charge in [-0.1, -0.05) is 0 Å². The van der Waals surface area contributed by atoms with Crippen molar-refractivity contribution in [1.29, 1.82) is 0 Å². The second kappa shape index (κ2) is 7.02. The van der Waals surface area contributed by atoms with Gasteiger partial charge in [0.1, 0.15) is 6.23 Å². The van der Waals surface area contributed by atoms with Crippen molar-refractivity contribution in [3.63, 3.8) is 0 Å². The van der Waals surface area contributed by atoms with Gasteiger partial charge in [-0.3, -0.25) is 4.57 Å². The van der Waals surface area contributed by atoms with Crippen molar-refractivity contribution in [3.05, 3.63) is 22.7 Å². The molecule has 2 fully saturated rings. The van der Waals surface area contributed by atoms with Crippen LogP contribution < -0.4 is 5.69 Å². The van der Waals surface area contributed by atoms with Crippen molar-refractivity contribution in [3.8, 4) is 0 Å². The van der Waals surface area contributed by atoms with E-state index in [9.17, 15) is 4.79 Å². The smallest absolute Gasteiger partial charge is 0.351 e. The van der Waals surface area contributed by atoms with Crippen LogP contribution in [0.2, 0.25) is 0 Å². The number of nitrogens with zero attached hydrogens (tertiary/aromatic N) is 4. The van der Waals surface area contributed by atoms with E-state index in [2.05, 4.69) is 14.9 Å². The lowest BCUT2D eigenvalue weighted by Gasteiger charge is -2.23. The Balaban J connectivity index is 1.67. The molecule has 0 amide bonds. The van der Waals surface area contributed by atoms with Crippen LogP contribution in [0.4, 0.5) is 5.82 Å². The largest absolute Gasteiger partial charge is 0.394 e. The fourth-order valence-corrected chi connectivity index (χ4v) is 2.90. The van der Waals surface area contributed by atoms with Crippen LogP contribution in [0.15, 0.2) is 22.1 Å². The number of hydrogen-bond acceptors (Lipinski definition) is 5. The molecule has 0 spiro atoms. The summed E-state index contributed by atoms with van der Waals surface area (Å²) in [7, 11) is 0. The molecule has 0 bridgehead atoms. The fraction of sp³-hybridized carbons (Fsp3) is 0.667. The Bertz CT molecular complexity index is 580. The van der Waals surface area contributed by atoms with Gasteiger partial charge in [0, 0.05) is 19.3 Å². The second-order valence-electron chi connectivity index (χ2n) is 5.79. The Labute approximate surface area is 129 Å². The Morgan fingerprint density at radius 2 is 2.18 bits per heavy atom. The minimum atomic E-state index is -0.364.